The van der Waals surface area contributed by atoms with Gasteiger partial charge in [0.2, 0.25) is 0 Å². The van der Waals surface area contributed by atoms with Crippen LogP contribution in [0.2, 0.25) is 0 Å². The Morgan fingerprint density at radius 1 is 1.39 bits per heavy atom. The van der Waals surface area contributed by atoms with Crippen molar-refractivity contribution in [1.82, 2.24) is 9.97 Å². The van der Waals surface area contributed by atoms with Crippen molar-refractivity contribution in [1.29, 1.82) is 0 Å². The molecule has 18 heavy (non-hydrogen) atoms. The molecule has 2 N–H and O–H groups in total. The van der Waals surface area contributed by atoms with Crippen LogP contribution in [-0.4, -0.2) is 26.6 Å². The molecule has 2 aromatic rings. The lowest BCUT2D eigenvalue weighted by atomic mass is 9.98. The molecule has 0 bridgehead atoms. The lowest BCUT2D eigenvalue weighted by molar-refractivity contribution is -0.142. The molecule has 0 unspecified atom stereocenters. The summed E-state index contributed by atoms with van der Waals surface area (Å²) in [5, 5.41) is 14.5. The lowest BCUT2D eigenvalue weighted by Gasteiger charge is -2.25. The number of nitrogens with one attached hydrogen (secondary N) is 1. The summed E-state index contributed by atoms with van der Waals surface area (Å²) in [7, 11) is 0. The number of rotatable bonds is 3. The Morgan fingerprint density at radius 3 is 2.89 bits per heavy atom. The average Bonchev–Trinajstić information content (AvgIpc) is 2.98. The number of hydrogen-bond donors (Lipinski definition) is 2. The molecule has 6 heteroatoms. The second-order valence-corrected chi connectivity index (χ2v) is 5.49. The van der Waals surface area contributed by atoms with Crippen molar-refractivity contribution in [3.05, 3.63) is 17.8 Å². The highest BCUT2D eigenvalue weighted by Gasteiger charge is 2.41. The summed E-state index contributed by atoms with van der Waals surface area (Å²) in [5.74, 6) is -0.150. The predicted molar refractivity (Wildman–Crippen MR) is 69.9 cm³/mol. The summed E-state index contributed by atoms with van der Waals surface area (Å²) >= 11 is 1.53. The van der Waals surface area contributed by atoms with Gasteiger partial charge in [0.25, 0.3) is 0 Å². The van der Waals surface area contributed by atoms with Gasteiger partial charge in [0.15, 0.2) is 0 Å². The molecule has 3 rings (SSSR count). The standard InChI is InChI=1S/C12H13N3O2S/c16-11(17)12(4-1-2-5-12)15-10-9-8(3-6-18-9)13-7-14-10/h3,6-7H,1-2,4-5H2,(H,16,17)(H,13,14,15). The van der Waals surface area contributed by atoms with Gasteiger partial charge in [-0.3, -0.25) is 0 Å². The van der Waals surface area contributed by atoms with E-state index in [2.05, 4.69) is 15.3 Å². The molecule has 0 amide bonds. The van der Waals surface area contributed by atoms with E-state index >= 15 is 0 Å². The highest BCUT2D eigenvalue weighted by molar-refractivity contribution is 7.17. The number of carboxylic acids is 1. The first kappa shape index (κ1) is 11.4. The summed E-state index contributed by atoms with van der Waals surface area (Å²) < 4.78 is 0.921. The number of aliphatic carboxylic acids is 1. The van der Waals surface area contributed by atoms with Crippen LogP contribution >= 0.6 is 11.3 Å². The molecule has 0 radical (unpaired) electrons. The molecule has 1 aliphatic rings. The number of anilines is 1. The SMILES string of the molecule is O=C(O)C1(Nc2ncnc3ccsc23)CCCC1. The quantitative estimate of drug-likeness (QED) is 0.890. The minimum absolute atomic E-state index is 0.638. The van der Waals surface area contributed by atoms with Gasteiger partial charge in [0.05, 0.1) is 10.2 Å². The molecule has 0 saturated heterocycles. The number of aromatic nitrogens is 2. The summed E-state index contributed by atoms with van der Waals surface area (Å²) in [5.41, 5.74) is 0.00156. The van der Waals surface area contributed by atoms with Gasteiger partial charge in [0.1, 0.15) is 17.7 Å². The van der Waals surface area contributed by atoms with E-state index in [4.69, 9.17) is 0 Å². The molecule has 1 aliphatic carbocycles. The van der Waals surface area contributed by atoms with Crippen LogP contribution in [0, 0.1) is 0 Å². The fourth-order valence-electron chi connectivity index (χ4n) is 2.48. The first-order valence-corrected chi connectivity index (χ1v) is 6.79. The van der Waals surface area contributed by atoms with Crippen LogP contribution in [-0.2, 0) is 4.79 Å². The molecule has 0 aliphatic heterocycles. The third-order valence-electron chi connectivity index (χ3n) is 3.47. The topological polar surface area (TPSA) is 75.1 Å². The fraction of sp³-hybridized carbons (Fsp3) is 0.417. The van der Waals surface area contributed by atoms with E-state index in [1.165, 1.54) is 17.7 Å². The van der Waals surface area contributed by atoms with Crippen LogP contribution < -0.4 is 5.32 Å². The second-order valence-electron chi connectivity index (χ2n) is 4.58. The number of fused-ring (bicyclic) bond motifs is 1. The Labute approximate surface area is 108 Å². The highest BCUT2D eigenvalue weighted by Crippen LogP contribution is 2.35. The first-order valence-electron chi connectivity index (χ1n) is 5.91. The van der Waals surface area contributed by atoms with Gasteiger partial charge in [-0.15, -0.1) is 11.3 Å². The Balaban J connectivity index is 2.00. The van der Waals surface area contributed by atoms with Gasteiger partial charge in [-0.2, -0.15) is 0 Å². The van der Waals surface area contributed by atoms with Crippen molar-refractivity contribution >= 4 is 33.3 Å². The van der Waals surface area contributed by atoms with Crippen LogP contribution in [0.25, 0.3) is 10.2 Å². The van der Waals surface area contributed by atoms with Gasteiger partial charge in [-0.05, 0) is 24.3 Å². The Morgan fingerprint density at radius 2 is 2.17 bits per heavy atom. The summed E-state index contributed by atoms with van der Waals surface area (Å²) in [4.78, 5) is 19.9. The van der Waals surface area contributed by atoms with Crippen molar-refractivity contribution in [2.75, 3.05) is 5.32 Å². The third kappa shape index (κ3) is 1.73. The molecule has 1 fully saturated rings. The Hall–Kier alpha value is -1.69. The van der Waals surface area contributed by atoms with Crippen molar-refractivity contribution < 1.29 is 9.90 Å². The summed E-state index contributed by atoms with van der Waals surface area (Å²) in [6.45, 7) is 0. The van der Waals surface area contributed by atoms with Crippen molar-refractivity contribution in [3.8, 4) is 0 Å². The van der Waals surface area contributed by atoms with E-state index < -0.39 is 11.5 Å². The van der Waals surface area contributed by atoms with Gasteiger partial charge in [0, 0.05) is 0 Å². The van der Waals surface area contributed by atoms with Crippen LogP contribution in [0.3, 0.4) is 0 Å². The van der Waals surface area contributed by atoms with Crippen LogP contribution in [0.4, 0.5) is 5.82 Å². The summed E-state index contributed by atoms with van der Waals surface area (Å²) in [6.07, 6.45) is 4.66. The van der Waals surface area contributed by atoms with Gasteiger partial charge < -0.3 is 10.4 Å². The molecule has 0 atom stereocenters. The van der Waals surface area contributed by atoms with E-state index in [0.717, 1.165) is 23.1 Å². The van der Waals surface area contributed by atoms with Gasteiger partial charge in [-0.1, -0.05) is 12.8 Å². The van der Waals surface area contributed by atoms with E-state index in [0.29, 0.717) is 18.7 Å². The van der Waals surface area contributed by atoms with Gasteiger partial charge in [-0.25, -0.2) is 14.8 Å². The van der Waals surface area contributed by atoms with E-state index in [1.807, 2.05) is 11.4 Å². The monoisotopic (exact) mass is 263 g/mol. The molecule has 2 heterocycles. The maximum atomic E-state index is 11.5. The van der Waals surface area contributed by atoms with Crippen LogP contribution in [0.5, 0.6) is 0 Å². The first-order chi connectivity index (χ1) is 8.71. The summed E-state index contributed by atoms with van der Waals surface area (Å²) in [6, 6.07) is 1.91. The average molecular weight is 263 g/mol. The number of thiophene rings is 1. The number of carbonyl (C=O) groups is 1. The zero-order valence-electron chi connectivity index (χ0n) is 9.72. The largest absolute Gasteiger partial charge is 0.480 e. The maximum Gasteiger partial charge on any atom is 0.329 e. The Bertz CT molecular complexity index is 590. The minimum atomic E-state index is -0.856. The number of nitrogens with zero attached hydrogens (tertiary/aromatic N) is 2. The number of hydrogen-bond acceptors (Lipinski definition) is 5. The molecule has 0 spiro atoms. The third-order valence-corrected chi connectivity index (χ3v) is 4.38. The molecule has 0 aromatic carbocycles. The zero-order valence-corrected chi connectivity index (χ0v) is 10.5. The second kappa shape index (κ2) is 4.20. The Kier molecular flexibility index (Phi) is 2.66. The fourth-order valence-corrected chi connectivity index (χ4v) is 3.27. The van der Waals surface area contributed by atoms with Gasteiger partial charge >= 0.3 is 5.97 Å². The van der Waals surface area contributed by atoms with Crippen molar-refractivity contribution in [2.45, 2.75) is 31.2 Å². The number of carboxylic acid groups (broad SMARTS) is 1. The zero-order chi connectivity index (χ0) is 12.6. The molecule has 5 nitrogen and oxygen atoms in total. The van der Waals surface area contributed by atoms with Crippen LogP contribution in [0.15, 0.2) is 17.8 Å². The minimum Gasteiger partial charge on any atom is -0.480 e. The lowest BCUT2D eigenvalue weighted by Crippen LogP contribution is -2.43. The normalized spacial score (nSPS) is 18.0. The van der Waals surface area contributed by atoms with E-state index in [1.54, 1.807) is 0 Å². The molecule has 94 valence electrons. The van der Waals surface area contributed by atoms with Crippen molar-refractivity contribution in [3.63, 3.8) is 0 Å². The molecular formula is C12H13N3O2S. The molecular weight excluding hydrogens is 250 g/mol. The van der Waals surface area contributed by atoms with Crippen LogP contribution in [0.1, 0.15) is 25.7 Å². The van der Waals surface area contributed by atoms with E-state index in [9.17, 15) is 9.90 Å². The van der Waals surface area contributed by atoms with E-state index in [-0.39, 0.29) is 0 Å². The smallest absolute Gasteiger partial charge is 0.329 e. The predicted octanol–water partition coefficient (Wildman–Crippen LogP) is 2.50. The molecule has 2 aromatic heterocycles. The van der Waals surface area contributed by atoms with Crippen molar-refractivity contribution in [2.24, 2.45) is 0 Å². The maximum absolute atomic E-state index is 11.5. The highest BCUT2D eigenvalue weighted by atomic mass is 32.1. The molecule has 1 saturated carbocycles.